The van der Waals surface area contributed by atoms with Crippen LogP contribution in [0.3, 0.4) is 0 Å². The first-order valence-corrected chi connectivity index (χ1v) is 6.35. The lowest BCUT2D eigenvalue weighted by atomic mass is 10.1. The fourth-order valence-electron chi connectivity index (χ4n) is 2.26. The van der Waals surface area contributed by atoms with E-state index >= 15 is 0 Å². The Balaban J connectivity index is 2.09. The molecule has 2 heterocycles. The summed E-state index contributed by atoms with van der Waals surface area (Å²) in [6.45, 7) is 4.08. The highest BCUT2D eigenvalue weighted by Crippen LogP contribution is 2.40. The van der Waals surface area contributed by atoms with E-state index < -0.39 is 17.9 Å². The van der Waals surface area contributed by atoms with Gasteiger partial charge in [-0.15, -0.1) is 0 Å². The van der Waals surface area contributed by atoms with Crippen molar-refractivity contribution in [2.75, 3.05) is 27.6 Å². The molecule has 2 saturated heterocycles. The van der Waals surface area contributed by atoms with Gasteiger partial charge in [-0.1, -0.05) is 0 Å². The van der Waals surface area contributed by atoms with Crippen LogP contribution >= 0.6 is 0 Å². The molecular formula is C13H20O7. The third-order valence-electron chi connectivity index (χ3n) is 3.01. The summed E-state index contributed by atoms with van der Waals surface area (Å²) >= 11 is 0. The van der Waals surface area contributed by atoms with E-state index in [4.69, 9.17) is 23.7 Å². The van der Waals surface area contributed by atoms with Gasteiger partial charge in [0.05, 0.1) is 19.8 Å². The Hall–Kier alpha value is -1.15. The van der Waals surface area contributed by atoms with Crippen LogP contribution in [0.15, 0.2) is 11.8 Å². The third kappa shape index (κ3) is 3.29. The van der Waals surface area contributed by atoms with Crippen LogP contribution in [-0.4, -0.2) is 57.7 Å². The quantitative estimate of drug-likeness (QED) is 0.317. The third-order valence-corrected chi connectivity index (χ3v) is 3.01. The monoisotopic (exact) mass is 288 g/mol. The van der Waals surface area contributed by atoms with E-state index in [2.05, 4.69) is 4.74 Å². The van der Waals surface area contributed by atoms with Crippen molar-refractivity contribution in [3.05, 3.63) is 11.8 Å². The maximum Gasteiger partial charge on any atom is 0.333 e. The van der Waals surface area contributed by atoms with Crippen molar-refractivity contribution < 1.29 is 33.2 Å². The number of rotatable bonds is 5. The largest absolute Gasteiger partial charge is 0.486 e. The summed E-state index contributed by atoms with van der Waals surface area (Å²) in [5.74, 6) is -0.822. The normalized spacial score (nSPS) is 33.0. The van der Waals surface area contributed by atoms with Gasteiger partial charge in [-0.3, -0.25) is 0 Å². The molecule has 7 nitrogen and oxygen atoms in total. The van der Waals surface area contributed by atoms with Crippen LogP contribution in [0.5, 0.6) is 0 Å². The van der Waals surface area contributed by atoms with Crippen molar-refractivity contribution >= 4 is 5.97 Å². The molecule has 0 aromatic rings. The van der Waals surface area contributed by atoms with Gasteiger partial charge in [-0.25, -0.2) is 4.79 Å². The molecule has 3 atom stereocenters. The SMILES string of the molecule is COCOC[C@H]1O/C(=C/C(=O)OC)[C@@H]2OC(C)(C)O[C@H]12. The van der Waals surface area contributed by atoms with Crippen molar-refractivity contribution in [2.24, 2.45) is 0 Å². The Morgan fingerprint density at radius 3 is 2.75 bits per heavy atom. The second-order valence-electron chi connectivity index (χ2n) is 5.02. The summed E-state index contributed by atoms with van der Waals surface area (Å²) < 4.78 is 32.0. The molecule has 2 rings (SSSR count). The Labute approximate surface area is 117 Å². The molecule has 0 aromatic heterocycles. The Bertz CT molecular complexity index is 390. The fourth-order valence-corrected chi connectivity index (χ4v) is 2.26. The van der Waals surface area contributed by atoms with Gasteiger partial charge in [-0.2, -0.15) is 0 Å². The molecule has 2 aliphatic heterocycles. The lowest BCUT2D eigenvalue weighted by molar-refractivity contribution is -0.174. The first-order chi connectivity index (χ1) is 9.46. The summed E-state index contributed by atoms with van der Waals surface area (Å²) in [6.07, 6.45) is 0.171. The smallest absolute Gasteiger partial charge is 0.333 e. The standard InChI is InChI=1S/C13H20O7/c1-13(2)19-11-8(5-10(14)16-4)18-9(12(11)20-13)6-17-7-15-3/h5,9,11-12H,6-7H2,1-4H3/b8-5+/t9-,11+,12-/m1/s1. The average molecular weight is 288 g/mol. The average Bonchev–Trinajstić information content (AvgIpc) is 2.85. The molecule has 114 valence electrons. The second kappa shape index (κ2) is 6.09. The van der Waals surface area contributed by atoms with Gasteiger partial charge in [-0.05, 0) is 13.8 Å². The number of methoxy groups -OCH3 is 2. The summed E-state index contributed by atoms with van der Waals surface area (Å²) in [5.41, 5.74) is 0. The molecule has 0 radical (unpaired) electrons. The molecule has 0 saturated carbocycles. The van der Waals surface area contributed by atoms with E-state index in [1.165, 1.54) is 13.2 Å². The minimum Gasteiger partial charge on any atom is -0.486 e. The molecule has 0 aromatic carbocycles. The van der Waals surface area contributed by atoms with Gasteiger partial charge >= 0.3 is 5.97 Å². The highest BCUT2D eigenvalue weighted by molar-refractivity contribution is 5.82. The topological polar surface area (TPSA) is 72.5 Å². The lowest BCUT2D eigenvalue weighted by Gasteiger charge is -2.22. The minimum absolute atomic E-state index is 0.164. The molecule has 0 bridgehead atoms. The zero-order valence-corrected chi connectivity index (χ0v) is 12.1. The van der Waals surface area contributed by atoms with Crippen LogP contribution in [0.4, 0.5) is 0 Å². The maximum absolute atomic E-state index is 11.4. The van der Waals surface area contributed by atoms with Crippen molar-refractivity contribution in [1.82, 2.24) is 0 Å². The highest BCUT2D eigenvalue weighted by atomic mass is 16.8. The molecule has 0 N–H and O–H groups in total. The van der Waals surface area contributed by atoms with Crippen LogP contribution < -0.4 is 0 Å². The van der Waals surface area contributed by atoms with Gasteiger partial charge in [0.15, 0.2) is 11.9 Å². The molecule has 0 aliphatic carbocycles. The number of carbonyl (C=O) groups excluding carboxylic acids is 1. The second-order valence-corrected chi connectivity index (χ2v) is 5.02. The summed E-state index contributed by atoms with van der Waals surface area (Å²) in [7, 11) is 2.85. The van der Waals surface area contributed by atoms with E-state index in [9.17, 15) is 4.79 Å². The number of esters is 1. The van der Waals surface area contributed by atoms with Crippen molar-refractivity contribution in [1.29, 1.82) is 0 Å². The lowest BCUT2D eigenvalue weighted by Crippen LogP contribution is -2.33. The summed E-state index contributed by atoms with van der Waals surface area (Å²) in [6, 6.07) is 0. The Morgan fingerprint density at radius 1 is 1.35 bits per heavy atom. The minimum atomic E-state index is -0.728. The summed E-state index contributed by atoms with van der Waals surface area (Å²) in [4.78, 5) is 11.4. The molecule has 0 amide bonds. The van der Waals surface area contributed by atoms with Gasteiger partial charge in [0.1, 0.15) is 24.8 Å². The first-order valence-electron chi connectivity index (χ1n) is 6.35. The molecule has 2 fully saturated rings. The predicted octanol–water partition coefficient (Wildman–Crippen LogP) is 0.583. The molecule has 0 spiro atoms. The Morgan fingerprint density at radius 2 is 2.10 bits per heavy atom. The molecular weight excluding hydrogens is 268 g/mol. The first kappa shape index (κ1) is 15.2. The van der Waals surface area contributed by atoms with Gasteiger partial charge in [0, 0.05) is 7.11 Å². The van der Waals surface area contributed by atoms with Gasteiger partial charge < -0.3 is 28.4 Å². The van der Waals surface area contributed by atoms with Crippen molar-refractivity contribution in [3.8, 4) is 0 Å². The zero-order chi connectivity index (χ0) is 14.8. The molecule has 7 heteroatoms. The fraction of sp³-hybridized carbons (Fsp3) is 0.769. The molecule has 20 heavy (non-hydrogen) atoms. The highest BCUT2D eigenvalue weighted by Gasteiger charge is 2.53. The Kier molecular flexibility index (Phi) is 4.64. The van der Waals surface area contributed by atoms with E-state index in [1.807, 2.05) is 13.8 Å². The predicted molar refractivity (Wildman–Crippen MR) is 66.6 cm³/mol. The molecule has 0 unspecified atom stereocenters. The van der Waals surface area contributed by atoms with E-state index in [0.717, 1.165) is 0 Å². The van der Waals surface area contributed by atoms with Crippen LogP contribution in [0.25, 0.3) is 0 Å². The van der Waals surface area contributed by atoms with Crippen LogP contribution in [-0.2, 0) is 33.2 Å². The zero-order valence-electron chi connectivity index (χ0n) is 12.1. The number of hydrogen-bond donors (Lipinski definition) is 0. The van der Waals surface area contributed by atoms with Crippen molar-refractivity contribution in [3.63, 3.8) is 0 Å². The number of ether oxygens (including phenoxy) is 6. The van der Waals surface area contributed by atoms with Gasteiger partial charge in [0.25, 0.3) is 0 Å². The van der Waals surface area contributed by atoms with E-state index in [0.29, 0.717) is 5.76 Å². The van der Waals surface area contributed by atoms with E-state index in [1.54, 1.807) is 7.11 Å². The number of hydrogen-bond acceptors (Lipinski definition) is 7. The summed E-state index contributed by atoms with van der Waals surface area (Å²) in [5, 5.41) is 0. The van der Waals surface area contributed by atoms with Crippen LogP contribution in [0.1, 0.15) is 13.8 Å². The van der Waals surface area contributed by atoms with Crippen LogP contribution in [0, 0.1) is 0 Å². The van der Waals surface area contributed by atoms with Crippen molar-refractivity contribution in [2.45, 2.75) is 37.9 Å². The van der Waals surface area contributed by atoms with Crippen LogP contribution in [0.2, 0.25) is 0 Å². The molecule has 2 aliphatic rings. The maximum atomic E-state index is 11.4. The number of carbonyl (C=O) groups is 1. The van der Waals surface area contributed by atoms with E-state index in [-0.39, 0.29) is 25.6 Å². The number of fused-ring (bicyclic) bond motifs is 1. The van der Waals surface area contributed by atoms with Gasteiger partial charge in [0.2, 0.25) is 0 Å².